The third kappa shape index (κ3) is 5.42. The molecule has 5 nitrogen and oxygen atoms in total. The molecule has 0 aliphatic carbocycles. The molecule has 1 aliphatic rings. The van der Waals surface area contributed by atoms with Crippen LogP contribution in [0.15, 0.2) is 42.7 Å². The van der Waals surface area contributed by atoms with Gasteiger partial charge in [-0.15, -0.1) is 0 Å². The van der Waals surface area contributed by atoms with Crippen molar-refractivity contribution in [2.45, 2.75) is 31.9 Å². The molecule has 144 valence electrons. The number of nitrogens with one attached hydrogen (secondary N) is 1. The number of hydrogen-bond donors (Lipinski definition) is 1. The summed E-state index contributed by atoms with van der Waals surface area (Å²) in [6, 6.07) is 6.26. The molecule has 0 bridgehead atoms. The molecule has 1 aromatic heterocycles. The van der Waals surface area contributed by atoms with Gasteiger partial charge in [-0.1, -0.05) is 0 Å². The van der Waals surface area contributed by atoms with E-state index in [0.29, 0.717) is 24.0 Å². The number of rotatable bonds is 5. The highest BCUT2D eigenvalue weighted by atomic mass is 19.4. The molecule has 2 aromatic rings. The maximum atomic E-state index is 12.6. The van der Waals surface area contributed by atoms with Crippen LogP contribution < -0.4 is 10.2 Å². The Morgan fingerprint density at radius 1 is 1.19 bits per heavy atom. The number of halogens is 3. The number of alkyl halides is 3. The van der Waals surface area contributed by atoms with Crippen molar-refractivity contribution in [3.8, 4) is 0 Å². The van der Waals surface area contributed by atoms with Crippen molar-refractivity contribution in [3.05, 3.63) is 48.3 Å². The Labute approximate surface area is 155 Å². The first-order valence-corrected chi connectivity index (χ1v) is 8.91. The van der Waals surface area contributed by atoms with Crippen molar-refractivity contribution in [3.63, 3.8) is 0 Å². The van der Waals surface area contributed by atoms with Gasteiger partial charge in [-0.25, -0.2) is 9.97 Å². The highest BCUT2D eigenvalue weighted by Crippen LogP contribution is 2.30. The third-order valence-electron chi connectivity index (χ3n) is 4.63. The molecular formula is C19H21F3N4O. The lowest BCUT2D eigenvalue weighted by Gasteiger charge is -2.32. The highest BCUT2D eigenvalue weighted by Gasteiger charge is 2.30. The van der Waals surface area contributed by atoms with Crippen molar-refractivity contribution in [2.24, 2.45) is 5.92 Å². The number of aromatic nitrogens is 2. The van der Waals surface area contributed by atoms with Gasteiger partial charge in [0.15, 0.2) is 0 Å². The average molecular weight is 378 g/mol. The van der Waals surface area contributed by atoms with Gasteiger partial charge in [0.05, 0.1) is 5.56 Å². The van der Waals surface area contributed by atoms with Crippen molar-refractivity contribution in [2.75, 3.05) is 23.3 Å². The molecule has 1 amide bonds. The number of carbonyl (C=O) groups excluding carboxylic acids is 1. The Kier molecular flexibility index (Phi) is 5.93. The zero-order valence-electron chi connectivity index (χ0n) is 14.7. The van der Waals surface area contributed by atoms with E-state index in [2.05, 4.69) is 20.2 Å². The van der Waals surface area contributed by atoms with Gasteiger partial charge < -0.3 is 10.2 Å². The smallest absolute Gasteiger partial charge is 0.341 e. The van der Waals surface area contributed by atoms with Gasteiger partial charge in [0.25, 0.3) is 0 Å². The van der Waals surface area contributed by atoms with Crippen molar-refractivity contribution >= 4 is 17.5 Å². The molecule has 27 heavy (non-hydrogen) atoms. The molecule has 8 heteroatoms. The van der Waals surface area contributed by atoms with E-state index in [-0.39, 0.29) is 5.91 Å². The van der Waals surface area contributed by atoms with E-state index >= 15 is 0 Å². The van der Waals surface area contributed by atoms with Gasteiger partial charge in [-0.3, -0.25) is 4.79 Å². The number of nitrogens with zero attached hydrogens (tertiary/aromatic N) is 3. The normalized spacial score (nSPS) is 17.6. The summed E-state index contributed by atoms with van der Waals surface area (Å²) < 4.78 is 37.7. The molecule has 1 saturated heterocycles. The summed E-state index contributed by atoms with van der Waals surface area (Å²) in [5, 5.41) is 2.66. The Bertz CT molecular complexity index is 750. The molecule has 0 saturated carbocycles. The van der Waals surface area contributed by atoms with Gasteiger partial charge in [-0.2, -0.15) is 13.2 Å². The lowest BCUT2D eigenvalue weighted by Crippen LogP contribution is -2.36. The molecule has 0 unspecified atom stereocenters. The molecule has 1 fully saturated rings. The lowest BCUT2D eigenvalue weighted by atomic mass is 9.93. The SMILES string of the molecule is O=C(CC[C@H]1CCCN(c2ncccn2)C1)Nc1ccc(C(F)(F)F)cc1. The predicted octanol–water partition coefficient (Wildman–Crippen LogP) is 4.13. The largest absolute Gasteiger partial charge is 0.416 e. The first-order valence-electron chi connectivity index (χ1n) is 8.91. The summed E-state index contributed by atoms with van der Waals surface area (Å²) in [4.78, 5) is 22.8. The summed E-state index contributed by atoms with van der Waals surface area (Å²) in [5.41, 5.74) is -0.359. The molecule has 1 aromatic carbocycles. The number of piperidine rings is 1. The summed E-state index contributed by atoms with van der Waals surface area (Å²) in [5.74, 6) is 0.875. The molecule has 1 aliphatic heterocycles. The van der Waals surface area contributed by atoms with Crippen LogP contribution in [0.4, 0.5) is 24.8 Å². The Morgan fingerprint density at radius 2 is 1.89 bits per heavy atom. The van der Waals surface area contributed by atoms with E-state index in [4.69, 9.17) is 0 Å². The van der Waals surface area contributed by atoms with Crippen LogP contribution >= 0.6 is 0 Å². The molecule has 0 radical (unpaired) electrons. The Hall–Kier alpha value is -2.64. The number of benzene rings is 1. The molecule has 3 rings (SSSR count). The van der Waals surface area contributed by atoms with Crippen molar-refractivity contribution in [1.29, 1.82) is 0 Å². The van der Waals surface area contributed by atoms with Crippen LogP contribution in [0.3, 0.4) is 0 Å². The second kappa shape index (κ2) is 8.37. The van der Waals surface area contributed by atoms with Crippen molar-refractivity contribution < 1.29 is 18.0 Å². The zero-order chi connectivity index (χ0) is 19.3. The maximum absolute atomic E-state index is 12.6. The fraction of sp³-hybridized carbons (Fsp3) is 0.421. The first-order chi connectivity index (χ1) is 12.9. The second-order valence-electron chi connectivity index (χ2n) is 6.67. The first kappa shape index (κ1) is 19.1. The van der Waals surface area contributed by atoms with Gasteiger partial charge in [-0.05, 0) is 55.5 Å². The van der Waals surface area contributed by atoms with Gasteiger partial charge in [0, 0.05) is 37.6 Å². The highest BCUT2D eigenvalue weighted by molar-refractivity contribution is 5.90. The predicted molar refractivity (Wildman–Crippen MR) is 96.3 cm³/mol. The van der Waals surface area contributed by atoms with Crippen LogP contribution in [0.2, 0.25) is 0 Å². The van der Waals surface area contributed by atoms with Crippen LogP contribution in [-0.4, -0.2) is 29.0 Å². The Balaban J connectivity index is 1.47. The summed E-state index contributed by atoms with van der Waals surface area (Å²) in [6.45, 7) is 1.70. The standard InChI is InChI=1S/C19H21F3N4O/c20-19(21,22)15-5-7-16(8-6-15)25-17(27)9-4-14-3-1-12-26(13-14)18-23-10-2-11-24-18/h2,5-8,10-11,14H,1,3-4,9,12-13H2,(H,25,27)/t14-/m1/s1. The lowest BCUT2D eigenvalue weighted by molar-refractivity contribution is -0.137. The number of anilines is 2. The maximum Gasteiger partial charge on any atom is 0.416 e. The fourth-order valence-electron chi connectivity index (χ4n) is 3.24. The van der Waals surface area contributed by atoms with E-state index in [1.165, 1.54) is 12.1 Å². The average Bonchev–Trinajstić information content (AvgIpc) is 2.67. The van der Waals surface area contributed by atoms with Gasteiger partial charge in [0.1, 0.15) is 0 Å². The van der Waals surface area contributed by atoms with E-state index in [9.17, 15) is 18.0 Å². The molecule has 0 spiro atoms. The van der Waals surface area contributed by atoms with Crippen LogP contribution in [0.25, 0.3) is 0 Å². The minimum absolute atomic E-state index is 0.192. The van der Waals surface area contributed by atoms with Crippen LogP contribution in [-0.2, 0) is 11.0 Å². The van der Waals surface area contributed by atoms with E-state index in [0.717, 1.165) is 44.5 Å². The second-order valence-corrected chi connectivity index (χ2v) is 6.67. The van der Waals surface area contributed by atoms with Crippen molar-refractivity contribution in [1.82, 2.24) is 9.97 Å². The zero-order valence-corrected chi connectivity index (χ0v) is 14.7. The van der Waals surface area contributed by atoms with Crippen LogP contribution in [0.5, 0.6) is 0 Å². The summed E-state index contributed by atoms with van der Waals surface area (Å²) in [7, 11) is 0. The van der Waals surface area contributed by atoms with Gasteiger partial charge >= 0.3 is 6.18 Å². The minimum Gasteiger partial charge on any atom is -0.341 e. The monoisotopic (exact) mass is 378 g/mol. The molecule has 1 N–H and O–H groups in total. The quantitative estimate of drug-likeness (QED) is 0.850. The van der Waals surface area contributed by atoms with E-state index in [1.54, 1.807) is 18.5 Å². The Morgan fingerprint density at radius 3 is 2.56 bits per heavy atom. The van der Waals surface area contributed by atoms with Crippen LogP contribution in [0.1, 0.15) is 31.2 Å². The summed E-state index contributed by atoms with van der Waals surface area (Å²) >= 11 is 0. The molecule has 1 atom stereocenters. The fourth-order valence-corrected chi connectivity index (χ4v) is 3.24. The number of amides is 1. The number of carbonyl (C=O) groups is 1. The minimum atomic E-state index is -4.38. The summed E-state index contributed by atoms with van der Waals surface area (Å²) in [6.07, 6.45) is 2.15. The van der Waals surface area contributed by atoms with E-state index in [1.807, 2.05) is 0 Å². The third-order valence-corrected chi connectivity index (χ3v) is 4.63. The molecule has 2 heterocycles. The van der Waals surface area contributed by atoms with Gasteiger partial charge in [0.2, 0.25) is 11.9 Å². The van der Waals surface area contributed by atoms with E-state index < -0.39 is 11.7 Å². The van der Waals surface area contributed by atoms with Crippen LogP contribution in [0, 0.1) is 5.92 Å². The molecular weight excluding hydrogens is 357 g/mol. The number of hydrogen-bond acceptors (Lipinski definition) is 4. The topological polar surface area (TPSA) is 58.1 Å².